The van der Waals surface area contributed by atoms with Crippen LogP contribution in [0.4, 0.5) is 5.69 Å². The zero-order valence-corrected chi connectivity index (χ0v) is 13.3. The summed E-state index contributed by atoms with van der Waals surface area (Å²) < 4.78 is 5.24. The summed E-state index contributed by atoms with van der Waals surface area (Å²) in [7, 11) is 1.63. The van der Waals surface area contributed by atoms with Gasteiger partial charge in [0.25, 0.3) is 0 Å². The van der Waals surface area contributed by atoms with E-state index in [0.29, 0.717) is 22.7 Å². The lowest BCUT2D eigenvalue weighted by atomic mass is 9.76. The molecule has 0 atom stereocenters. The molecule has 0 aromatic heterocycles. The van der Waals surface area contributed by atoms with Crippen molar-refractivity contribution in [3.05, 3.63) is 58.1 Å². The highest BCUT2D eigenvalue weighted by atomic mass is 35.5. The van der Waals surface area contributed by atoms with Crippen molar-refractivity contribution < 1.29 is 4.74 Å². The Balaban J connectivity index is 1.61. The smallest absolute Gasteiger partial charge is 0.139 e. The number of hydrogen-bond donors (Lipinski definition) is 1. The number of methoxy groups -OCH3 is 1. The summed E-state index contributed by atoms with van der Waals surface area (Å²) in [6, 6.07) is 14.3. The average Bonchev–Trinajstić information content (AvgIpc) is 2.45. The molecule has 2 aromatic carbocycles. The molecule has 4 heteroatoms. The standard InChI is InChI=1S/C17H17Cl2NO/c1-21-17-10-12(6-7-16(17)19)20-13-8-11(9-13)14-4-2-3-5-15(14)18/h2-7,10-11,13,20H,8-9H2,1H3. The Morgan fingerprint density at radius 2 is 1.81 bits per heavy atom. The molecule has 21 heavy (non-hydrogen) atoms. The van der Waals surface area contributed by atoms with Crippen LogP contribution in [0.1, 0.15) is 24.3 Å². The fraction of sp³-hybridized carbons (Fsp3) is 0.294. The molecule has 3 rings (SSSR count). The first-order valence-corrected chi connectivity index (χ1v) is 7.77. The zero-order valence-electron chi connectivity index (χ0n) is 11.8. The molecule has 0 aliphatic heterocycles. The Kier molecular flexibility index (Phi) is 4.27. The van der Waals surface area contributed by atoms with E-state index in [1.807, 2.05) is 36.4 Å². The molecule has 0 amide bonds. The molecular weight excluding hydrogens is 305 g/mol. The zero-order chi connectivity index (χ0) is 14.8. The Bertz CT molecular complexity index is 638. The number of benzene rings is 2. The third-order valence-corrected chi connectivity index (χ3v) is 4.66. The van der Waals surface area contributed by atoms with Gasteiger partial charge in [0.2, 0.25) is 0 Å². The predicted octanol–water partition coefficient (Wildman–Crippen LogP) is 5.36. The molecule has 1 saturated carbocycles. The molecule has 0 unspecified atom stereocenters. The highest BCUT2D eigenvalue weighted by molar-refractivity contribution is 6.32. The normalized spacial score (nSPS) is 20.7. The van der Waals surface area contributed by atoms with Crippen LogP contribution in [0.15, 0.2) is 42.5 Å². The molecule has 0 radical (unpaired) electrons. The molecule has 0 bridgehead atoms. The molecule has 2 nitrogen and oxygen atoms in total. The number of halogens is 2. The van der Waals surface area contributed by atoms with Gasteiger partial charge in [-0.25, -0.2) is 0 Å². The van der Waals surface area contributed by atoms with Crippen molar-refractivity contribution in [1.82, 2.24) is 0 Å². The van der Waals surface area contributed by atoms with E-state index in [2.05, 4.69) is 11.4 Å². The lowest BCUT2D eigenvalue weighted by Gasteiger charge is -2.37. The van der Waals surface area contributed by atoms with E-state index in [1.54, 1.807) is 7.11 Å². The van der Waals surface area contributed by atoms with Crippen LogP contribution in [0, 0.1) is 0 Å². The monoisotopic (exact) mass is 321 g/mol. The first kappa shape index (κ1) is 14.6. The van der Waals surface area contributed by atoms with Crippen molar-refractivity contribution in [3.63, 3.8) is 0 Å². The molecule has 0 heterocycles. The Morgan fingerprint density at radius 1 is 1.05 bits per heavy atom. The number of anilines is 1. The van der Waals surface area contributed by atoms with Gasteiger partial charge in [0.05, 0.1) is 12.1 Å². The van der Waals surface area contributed by atoms with Crippen molar-refractivity contribution in [1.29, 1.82) is 0 Å². The minimum Gasteiger partial charge on any atom is -0.495 e. The van der Waals surface area contributed by atoms with Crippen LogP contribution in [0.5, 0.6) is 5.75 Å². The Hall–Kier alpha value is -1.38. The van der Waals surface area contributed by atoms with Gasteiger partial charge in [-0.15, -0.1) is 0 Å². The van der Waals surface area contributed by atoms with E-state index >= 15 is 0 Å². The second kappa shape index (κ2) is 6.17. The largest absolute Gasteiger partial charge is 0.495 e. The molecule has 0 spiro atoms. The van der Waals surface area contributed by atoms with Gasteiger partial charge in [-0.2, -0.15) is 0 Å². The predicted molar refractivity (Wildman–Crippen MR) is 88.8 cm³/mol. The van der Waals surface area contributed by atoms with Gasteiger partial charge in [-0.1, -0.05) is 41.4 Å². The third-order valence-electron chi connectivity index (χ3n) is 4.01. The molecule has 0 saturated heterocycles. The third kappa shape index (κ3) is 3.12. The van der Waals surface area contributed by atoms with Crippen LogP contribution >= 0.6 is 23.2 Å². The summed E-state index contributed by atoms with van der Waals surface area (Å²) in [6.45, 7) is 0. The van der Waals surface area contributed by atoms with E-state index in [4.69, 9.17) is 27.9 Å². The van der Waals surface area contributed by atoms with Gasteiger partial charge in [-0.05, 0) is 42.5 Å². The Labute approximate surface area is 135 Å². The van der Waals surface area contributed by atoms with Crippen LogP contribution in [0.2, 0.25) is 10.0 Å². The molecule has 2 aromatic rings. The summed E-state index contributed by atoms with van der Waals surface area (Å²) in [5, 5.41) is 5.02. The minimum absolute atomic E-state index is 0.470. The lowest BCUT2D eigenvalue weighted by Crippen LogP contribution is -2.34. The van der Waals surface area contributed by atoms with Gasteiger partial charge in [0.1, 0.15) is 5.75 Å². The first-order chi connectivity index (χ1) is 10.2. The van der Waals surface area contributed by atoms with Crippen LogP contribution in [0.3, 0.4) is 0 Å². The maximum absolute atomic E-state index is 6.25. The summed E-state index contributed by atoms with van der Waals surface area (Å²) in [5.41, 5.74) is 2.30. The quantitative estimate of drug-likeness (QED) is 0.818. The Morgan fingerprint density at radius 3 is 2.52 bits per heavy atom. The van der Waals surface area contributed by atoms with Crippen molar-refractivity contribution in [2.45, 2.75) is 24.8 Å². The number of ether oxygens (including phenoxy) is 1. The summed E-state index contributed by atoms with van der Waals surface area (Å²) in [4.78, 5) is 0. The topological polar surface area (TPSA) is 21.3 Å². The maximum atomic E-state index is 6.25. The number of hydrogen-bond acceptors (Lipinski definition) is 2. The maximum Gasteiger partial charge on any atom is 0.139 e. The van der Waals surface area contributed by atoms with Crippen molar-refractivity contribution in [2.75, 3.05) is 12.4 Å². The molecule has 110 valence electrons. The van der Waals surface area contributed by atoms with Gasteiger partial charge in [0, 0.05) is 22.8 Å². The fourth-order valence-electron chi connectivity index (χ4n) is 2.78. The number of rotatable bonds is 4. The van der Waals surface area contributed by atoms with Gasteiger partial charge >= 0.3 is 0 Å². The lowest BCUT2D eigenvalue weighted by molar-refractivity contribution is 0.374. The van der Waals surface area contributed by atoms with Crippen LogP contribution in [-0.4, -0.2) is 13.2 Å². The number of nitrogens with one attached hydrogen (secondary N) is 1. The molecule has 1 aliphatic carbocycles. The summed E-state index contributed by atoms with van der Waals surface area (Å²) >= 11 is 12.3. The summed E-state index contributed by atoms with van der Waals surface area (Å²) in [5.74, 6) is 1.24. The van der Waals surface area contributed by atoms with Crippen molar-refractivity contribution in [3.8, 4) is 5.75 Å². The van der Waals surface area contributed by atoms with Crippen LogP contribution in [-0.2, 0) is 0 Å². The molecule has 1 aliphatic rings. The van der Waals surface area contributed by atoms with E-state index in [-0.39, 0.29) is 0 Å². The van der Waals surface area contributed by atoms with E-state index in [1.165, 1.54) is 5.56 Å². The van der Waals surface area contributed by atoms with E-state index in [9.17, 15) is 0 Å². The second-order valence-electron chi connectivity index (χ2n) is 5.38. The van der Waals surface area contributed by atoms with E-state index in [0.717, 1.165) is 23.6 Å². The molecule has 1 N–H and O–H groups in total. The molecule has 1 fully saturated rings. The highest BCUT2D eigenvalue weighted by Gasteiger charge is 2.31. The van der Waals surface area contributed by atoms with Crippen LogP contribution < -0.4 is 10.1 Å². The van der Waals surface area contributed by atoms with Gasteiger partial charge in [0.15, 0.2) is 0 Å². The van der Waals surface area contributed by atoms with Gasteiger partial charge < -0.3 is 10.1 Å². The second-order valence-corrected chi connectivity index (χ2v) is 6.19. The minimum atomic E-state index is 0.470. The van der Waals surface area contributed by atoms with E-state index < -0.39 is 0 Å². The highest BCUT2D eigenvalue weighted by Crippen LogP contribution is 2.41. The average molecular weight is 322 g/mol. The summed E-state index contributed by atoms with van der Waals surface area (Å²) in [6.07, 6.45) is 2.18. The molecular formula is C17H17Cl2NO. The fourth-order valence-corrected chi connectivity index (χ4v) is 3.27. The van der Waals surface area contributed by atoms with Crippen molar-refractivity contribution in [2.24, 2.45) is 0 Å². The van der Waals surface area contributed by atoms with Crippen LogP contribution in [0.25, 0.3) is 0 Å². The SMILES string of the molecule is COc1cc(NC2CC(c3ccccc3Cl)C2)ccc1Cl. The van der Waals surface area contributed by atoms with Crippen molar-refractivity contribution >= 4 is 28.9 Å². The van der Waals surface area contributed by atoms with Gasteiger partial charge in [-0.3, -0.25) is 0 Å². The first-order valence-electron chi connectivity index (χ1n) is 7.02.